The van der Waals surface area contributed by atoms with E-state index in [4.69, 9.17) is 39.9 Å². The maximum Gasteiger partial charge on any atom is 0.164 e. The zero-order valence-corrected chi connectivity index (χ0v) is 44.3. The zero-order chi connectivity index (χ0) is 54.6. The first kappa shape index (κ1) is 49.1. The summed E-state index contributed by atoms with van der Waals surface area (Å²) in [6.07, 6.45) is 0. The molecule has 0 aliphatic heterocycles. The fourth-order valence-corrected chi connectivity index (χ4v) is 10.3. The van der Waals surface area contributed by atoms with Crippen LogP contribution in [0.3, 0.4) is 0 Å². The third-order valence-corrected chi connectivity index (χ3v) is 14.6. The Hall–Kier alpha value is -11.2. The maximum atomic E-state index is 5.55. The van der Waals surface area contributed by atoms with E-state index in [9.17, 15) is 0 Å². The molecule has 0 saturated heterocycles. The van der Waals surface area contributed by atoms with E-state index in [0.29, 0.717) is 40.8 Å². The molecule has 0 spiro atoms. The Morgan fingerprint density at radius 3 is 0.720 bits per heavy atom. The molecule has 0 bridgehead atoms. The molecule has 384 valence electrons. The van der Waals surface area contributed by atoms with Crippen molar-refractivity contribution in [2.75, 3.05) is 0 Å². The van der Waals surface area contributed by atoms with Gasteiger partial charge in [-0.05, 0) is 51.1 Å². The molecule has 0 aliphatic carbocycles. The number of fused-ring (bicyclic) bond motifs is 1. The predicted molar refractivity (Wildman–Crippen MR) is 332 cm³/mol. The summed E-state index contributed by atoms with van der Waals surface area (Å²) in [5, 5.41) is 0.907. The molecular weight excluding hydrogens is 1000 g/mol. The number of aromatic nitrogens is 8. The van der Waals surface area contributed by atoms with Gasteiger partial charge in [0.2, 0.25) is 0 Å². The summed E-state index contributed by atoms with van der Waals surface area (Å²) in [6.45, 7) is 0. The average Bonchev–Trinajstić information content (AvgIpc) is 3.74. The lowest BCUT2D eigenvalue weighted by molar-refractivity contribution is 1.07. The third kappa shape index (κ3) is 10.1. The van der Waals surface area contributed by atoms with Crippen molar-refractivity contribution in [1.29, 1.82) is 0 Å². The molecule has 82 heavy (non-hydrogen) atoms. The highest BCUT2D eigenvalue weighted by Gasteiger charge is 2.20. The van der Waals surface area contributed by atoms with Crippen LogP contribution in [-0.2, 0) is 0 Å². The smallest absolute Gasteiger partial charge is 0.164 e. The van der Waals surface area contributed by atoms with E-state index < -0.39 is 0 Å². The van der Waals surface area contributed by atoms with Gasteiger partial charge >= 0.3 is 0 Å². The van der Waals surface area contributed by atoms with E-state index in [2.05, 4.69) is 146 Å². The standard InChI is InChI=1S/C74H48N8/c1-7-19-49(20-8-1)51-31-33-53(34-32-51)63-47-64(54-37-35-52(36-38-54)50-21-9-2-10-22-50)67-65(48-63)66(55-39-41-61(42-40-55)73-79-69(56-23-11-3-12-24-56)77-70(80-73)57-25-13-4-14-26-57)75-68(76-67)60-43-45-62(46-44-60)74-81-71(58-27-15-5-16-28-58)78-72(82-74)59-29-17-6-18-30-59/h1-48H. The predicted octanol–water partition coefficient (Wildman–Crippen LogP) is 18.0. The Morgan fingerprint density at radius 1 is 0.159 bits per heavy atom. The van der Waals surface area contributed by atoms with Crippen LogP contribution in [0.25, 0.3) is 146 Å². The van der Waals surface area contributed by atoms with Crippen LogP contribution in [-0.4, -0.2) is 39.9 Å². The van der Waals surface area contributed by atoms with Gasteiger partial charge in [-0.3, -0.25) is 0 Å². The van der Waals surface area contributed by atoms with E-state index in [1.807, 2.05) is 146 Å². The lowest BCUT2D eigenvalue weighted by atomic mass is 9.92. The Kier molecular flexibility index (Phi) is 13.1. The topological polar surface area (TPSA) is 103 Å². The van der Waals surface area contributed by atoms with Crippen molar-refractivity contribution < 1.29 is 0 Å². The molecule has 3 heterocycles. The van der Waals surface area contributed by atoms with Crippen molar-refractivity contribution >= 4 is 10.9 Å². The Morgan fingerprint density at radius 2 is 0.390 bits per heavy atom. The van der Waals surface area contributed by atoms with E-state index in [-0.39, 0.29) is 0 Å². The molecule has 14 rings (SSSR count). The molecule has 0 amide bonds. The Bertz CT molecular complexity index is 4420. The highest BCUT2D eigenvalue weighted by atomic mass is 15.0. The molecule has 0 atom stereocenters. The van der Waals surface area contributed by atoms with Crippen LogP contribution in [0.15, 0.2) is 291 Å². The molecule has 11 aromatic carbocycles. The summed E-state index contributed by atoms with van der Waals surface area (Å²) in [5.74, 6) is 4.11. The molecule has 0 N–H and O–H groups in total. The summed E-state index contributed by atoms with van der Waals surface area (Å²) in [7, 11) is 0. The first-order chi connectivity index (χ1) is 40.6. The molecule has 3 aromatic heterocycles. The van der Waals surface area contributed by atoms with Gasteiger partial charge in [0.25, 0.3) is 0 Å². The van der Waals surface area contributed by atoms with Gasteiger partial charge in [0, 0.05) is 55.5 Å². The summed E-state index contributed by atoms with van der Waals surface area (Å²) in [5.41, 5.74) is 17.4. The number of hydrogen-bond donors (Lipinski definition) is 0. The normalized spacial score (nSPS) is 11.2. The van der Waals surface area contributed by atoms with Crippen LogP contribution in [0.1, 0.15) is 0 Å². The van der Waals surface area contributed by atoms with Gasteiger partial charge in [0.1, 0.15) is 0 Å². The number of nitrogens with zero attached hydrogens (tertiary/aromatic N) is 8. The summed E-state index contributed by atoms with van der Waals surface area (Å²) >= 11 is 0. The minimum absolute atomic E-state index is 0.565. The van der Waals surface area contributed by atoms with Gasteiger partial charge in [-0.15, -0.1) is 0 Å². The van der Waals surface area contributed by atoms with Crippen LogP contribution < -0.4 is 0 Å². The van der Waals surface area contributed by atoms with Crippen molar-refractivity contribution in [3.05, 3.63) is 291 Å². The van der Waals surface area contributed by atoms with E-state index in [1.165, 1.54) is 5.56 Å². The second kappa shape index (κ2) is 21.9. The molecule has 8 heteroatoms. The molecule has 14 aromatic rings. The maximum absolute atomic E-state index is 5.55. The number of benzene rings is 11. The lowest BCUT2D eigenvalue weighted by Crippen LogP contribution is -2.01. The lowest BCUT2D eigenvalue weighted by Gasteiger charge is -2.16. The Labute approximate surface area is 475 Å². The zero-order valence-electron chi connectivity index (χ0n) is 44.3. The highest BCUT2D eigenvalue weighted by Crippen LogP contribution is 2.41. The molecule has 0 aliphatic rings. The monoisotopic (exact) mass is 1050 g/mol. The quantitative estimate of drug-likeness (QED) is 0.119. The third-order valence-electron chi connectivity index (χ3n) is 14.6. The van der Waals surface area contributed by atoms with Gasteiger partial charge < -0.3 is 0 Å². The molecule has 0 fully saturated rings. The first-order valence-electron chi connectivity index (χ1n) is 27.2. The average molecular weight is 1050 g/mol. The van der Waals surface area contributed by atoms with Crippen LogP contribution in [0.2, 0.25) is 0 Å². The van der Waals surface area contributed by atoms with Crippen molar-refractivity contribution in [2.24, 2.45) is 0 Å². The molecule has 8 nitrogen and oxygen atoms in total. The highest BCUT2D eigenvalue weighted by molar-refractivity contribution is 6.05. The van der Waals surface area contributed by atoms with E-state index in [0.717, 1.165) is 100 Å². The van der Waals surface area contributed by atoms with Crippen molar-refractivity contribution in [3.63, 3.8) is 0 Å². The van der Waals surface area contributed by atoms with Crippen LogP contribution in [0.4, 0.5) is 0 Å². The van der Waals surface area contributed by atoms with Gasteiger partial charge in [0.15, 0.2) is 40.8 Å². The van der Waals surface area contributed by atoms with Gasteiger partial charge in [-0.1, -0.05) is 279 Å². The molecule has 0 radical (unpaired) electrons. The summed E-state index contributed by atoms with van der Waals surface area (Å²) < 4.78 is 0. The largest absolute Gasteiger partial charge is 0.227 e. The Balaban J connectivity index is 0.938. The fraction of sp³-hybridized carbons (Fsp3) is 0. The SMILES string of the molecule is c1ccc(-c2ccc(-c3cc(-c4ccc(-c5ccccc5)cc4)c4nc(-c5ccc(-c6nc(-c7ccccc7)nc(-c7ccccc7)n6)cc5)nc(-c5ccc(-c6nc(-c7ccccc7)nc(-c7ccccc7)n6)cc5)c4c3)cc2)cc1. The first-order valence-corrected chi connectivity index (χ1v) is 27.2. The van der Waals surface area contributed by atoms with Crippen molar-refractivity contribution in [1.82, 2.24) is 39.9 Å². The summed E-state index contributed by atoms with van der Waals surface area (Å²) in [4.78, 5) is 41.1. The van der Waals surface area contributed by atoms with Gasteiger partial charge in [-0.25, -0.2) is 39.9 Å². The van der Waals surface area contributed by atoms with Crippen molar-refractivity contribution in [3.8, 4) is 135 Å². The second-order valence-corrected chi connectivity index (χ2v) is 19.9. The second-order valence-electron chi connectivity index (χ2n) is 19.9. The minimum Gasteiger partial charge on any atom is -0.227 e. The van der Waals surface area contributed by atoms with Crippen LogP contribution in [0.5, 0.6) is 0 Å². The number of rotatable bonds is 12. The minimum atomic E-state index is 0.565. The fourth-order valence-electron chi connectivity index (χ4n) is 10.3. The van der Waals surface area contributed by atoms with E-state index >= 15 is 0 Å². The number of hydrogen-bond acceptors (Lipinski definition) is 8. The van der Waals surface area contributed by atoms with Gasteiger partial charge in [-0.2, -0.15) is 0 Å². The molecule has 0 saturated carbocycles. The van der Waals surface area contributed by atoms with Crippen LogP contribution in [0, 0.1) is 0 Å². The van der Waals surface area contributed by atoms with E-state index in [1.54, 1.807) is 0 Å². The van der Waals surface area contributed by atoms with Gasteiger partial charge in [0.05, 0.1) is 11.2 Å². The summed E-state index contributed by atoms with van der Waals surface area (Å²) in [6, 6.07) is 99.8. The molecule has 0 unspecified atom stereocenters. The van der Waals surface area contributed by atoms with Crippen molar-refractivity contribution in [2.45, 2.75) is 0 Å². The molecular formula is C74H48N8. The van der Waals surface area contributed by atoms with Crippen LogP contribution >= 0.6 is 0 Å².